The predicted molar refractivity (Wildman–Crippen MR) is 104 cm³/mol. The number of ether oxygens (including phenoxy) is 2. The minimum absolute atomic E-state index is 0.158. The Bertz CT molecular complexity index is 625. The molecule has 0 unspecified atom stereocenters. The van der Waals surface area contributed by atoms with Crippen molar-refractivity contribution in [3.8, 4) is 11.5 Å². The van der Waals surface area contributed by atoms with Gasteiger partial charge in [-0.2, -0.15) is 0 Å². The zero-order valence-corrected chi connectivity index (χ0v) is 17.2. The molecule has 10 heteroatoms. The Morgan fingerprint density at radius 2 is 0.967 bits per heavy atom. The van der Waals surface area contributed by atoms with Gasteiger partial charge in [0.2, 0.25) is 0 Å². The van der Waals surface area contributed by atoms with Crippen LogP contribution in [0.4, 0.5) is 0 Å². The minimum atomic E-state index is -1.17. The molecule has 8 N–H and O–H groups in total. The number of carboxylic acid groups (broad SMARTS) is 2. The van der Waals surface area contributed by atoms with Gasteiger partial charge in [-0.25, -0.2) is 0 Å². The van der Waals surface area contributed by atoms with Crippen LogP contribution >= 0.6 is 0 Å². The first kappa shape index (κ1) is 29.0. The van der Waals surface area contributed by atoms with Crippen molar-refractivity contribution < 1.29 is 51.0 Å². The van der Waals surface area contributed by atoms with Crippen molar-refractivity contribution in [2.45, 2.75) is 0 Å². The SMILES string of the molecule is COc1ccc(C(=O)[O-])cc1.COc1ccc(C(=O)[O-])cc1.[NH3+]CCO.[NH3+]CCO. The number of hydrogen-bond acceptors (Lipinski definition) is 8. The van der Waals surface area contributed by atoms with E-state index in [0.29, 0.717) is 24.6 Å². The summed E-state index contributed by atoms with van der Waals surface area (Å²) in [5.74, 6) is -1.08. The molecule has 0 spiro atoms. The van der Waals surface area contributed by atoms with Gasteiger partial charge in [-0.3, -0.25) is 0 Å². The molecule has 0 aliphatic carbocycles. The lowest BCUT2D eigenvalue weighted by Crippen LogP contribution is -2.51. The number of methoxy groups -OCH3 is 2. The third kappa shape index (κ3) is 14.8. The Labute approximate surface area is 175 Å². The van der Waals surface area contributed by atoms with Crippen LogP contribution in [0.25, 0.3) is 0 Å². The molecular formula is C20H30N2O8. The Morgan fingerprint density at radius 1 is 0.733 bits per heavy atom. The molecule has 0 amide bonds. The van der Waals surface area contributed by atoms with Crippen LogP contribution in [-0.4, -0.2) is 62.7 Å². The van der Waals surface area contributed by atoms with Crippen molar-refractivity contribution in [1.29, 1.82) is 0 Å². The van der Waals surface area contributed by atoms with Gasteiger partial charge in [-0.1, -0.05) is 0 Å². The maximum absolute atomic E-state index is 10.2. The van der Waals surface area contributed by atoms with Gasteiger partial charge in [0.25, 0.3) is 0 Å². The van der Waals surface area contributed by atoms with Crippen molar-refractivity contribution >= 4 is 11.9 Å². The van der Waals surface area contributed by atoms with E-state index >= 15 is 0 Å². The summed E-state index contributed by atoms with van der Waals surface area (Å²) in [6, 6.07) is 12.1. The maximum Gasteiger partial charge on any atom is 0.118 e. The van der Waals surface area contributed by atoms with Crippen molar-refractivity contribution in [3.63, 3.8) is 0 Å². The molecule has 0 bridgehead atoms. The lowest BCUT2D eigenvalue weighted by molar-refractivity contribution is -0.372. The second kappa shape index (κ2) is 19.2. The Kier molecular flexibility index (Phi) is 18.5. The van der Waals surface area contributed by atoms with Gasteiger partial charge in [0.15, 0.2) is 0 Å². The summed E-state index contributed by atoms with van der Waals surface area (Å²) in [4.78, 5) is 20.5. The molecule has 0 radical (unpaired) electrons. The number of carbonyl (C=O) groups is 2. The monoisotopic (exact) mass is 426 g/mol. The fourth-order valence-electron chi connectivity index (χ4n) is 1.45. The van der Waals surface area contributed by atoms with E-state index in [9.17, 15) is 19.8 Å². The Morgan fingerprint density at radius 3 is 1.10 bits per heavy atom. The summed E-state index contributed by atoms with van der Waals surface area (Å²) in [7, 11) is 3.04. The van der Waals surface area contributed by atoms with Crippen LogP contribution in [0, 0.1) is 0 Å². The molecule has 0 saturated carbocycles. The van der Waals surface area contributed by atoms with Crippen molar-refractivity contribution in [2.75, 3.05) is 40.5 Å². The van der Waals surface area contributed by atoms with Crippen LogP contribution in [0.15, 0.2) is 48.5 Å². The summed E-state index contributed by atoms with van der Waals surface area (Å²) >= 11 is 0. The minimum Gasteiger partial charge on any atom is -0.545 e. The Hall–Kier alpha value is -3.18. The largest absolute Gasteiger partial charge is 0.545 e. The summed E-state index contributed by atoms with van der Waals surface area (Å²) < 4.78 is 9.67. The third-order valence-corrected chi connectivity index (χ3v) is 2.97. The first-order valence-corrected chi connectivity index (χ1v) is 8.82. The van der Waals surface area contributed by atoms with Crippen molar-refractivity contribution in [1.82, 2.24) is 0 Å². The lowest BCUT2D eigenvalue weighted by atomic mass is 10.2. The number of aromatic carboxylic acids is 2. The standard InChI is InChI=1S/2C8H8O3.2C2H7NO/c2*1-11-7-4-2-6(3-5-7)8(9)10;2*3-1-2-4/h2*2-5H,1H3,(H,9,10);2*4H,1-3H2. The molecule has 0 atom stereocenters. The quantitative estimate of drug-likeness (QED) is 0.366. The molecule has 10 nitrogen and oxygen atoms in total. The van der Waals surface area contributed by atoms with E-state index in [1.165, 1.54) is 38.5 Å². The maximum atomic E-state index is 10.2. The van der Waals surface area contributed by atoms with Crippen LogP contribution < -0.4 is 31.2 Å². The van der Waals surface area contributed by atoms with Gasteiger partial charge >= 0.3 is 0 Å². The highest BCUT2D eigenvalue weighted by molar-refractivity contribution is 5.86. The van der Waals surface area contributed by atoms with E-state index in [1.807, 2.05) is 0 Å². The Balaban J connectivity index is 0. The van der Waals surface area contributed by atoms with Crippen molar-refractivity contribution in [2.24, 2.45) is 0 Å². The molecule has 2 aromatic rings. The number of aliphatic hydroxyl groups excluding tert-OH is 2. The van der Waals surface area contributed by atoms with E-state index in [2.05, 4.69) is 11.5 Å². The van der Waals surface area contributed by atoms with Gasteiger partial charge in [0, 0.05) is 0 Å². The van der Waals surface area contributed by atoms with E-state index in [0.717, 1.165) is 0 Å². The molecule has 168 valence electrons. The van der Waals surface area contributed by atoms with Gasteiger partial charge < -0.3 is 51.0 Å². The molecule has 2 aromatic carbocycles. The number of aliphatic hydroxyl groups is 2. The van der Waals surface area contributed by atoms with Crippen LogP contribution in [-0.2, 0) is 0 Å². The second-order valence-corrected chi connectivity index (χ2v) is 5.19. The summed E-state index contributed by atoms with van der Waals surface area (Å²) in [5, 5.41) is 36.1. The fraction of sp³-hybridized carbons (Fsp3) is 0.300. The molecule has 0 heterocycles. The van der Waals surface area contributed by atoms with Gasteiger partial charge in [0.05, 0.1) is 52.5 Å². The number of rotatable bonds is 6. The number of carboxylic acids is 2. The zero-order chi connectivity index (χ0) is 23.4. The predicted octanol–water partition coefficient (Wildman–Crippen LogP) is -3.44. The molecule has 0 saturated heterocycles. The fourth-order valence-corrected chi connectivity index (χ4v) is 1.45. The highest BCUT2D eigenvalue weighted by Gasteiger charge is 1.93. The van der Waals surface area contributed by atoms with Gasteiger partial charge in [0.1, 0.15) is 11.5 Å². The van der Waals surface area contributed by atoms with Crippen molar-refractivity contribution in [3.05, 3.63) is 59.7 Å². The van der Waals surface area contributed by atoms with Gasteiger partial charge in [-0.15, -0.1) is 0 Å². The number of hydrogen-bond donors (Lipinski definition) is 4. The van der Waals surface area contributed by atoms with E-state index in [1.54, 1.807) is 24.3 Å². The van der Waals surface area contributed by atoms with Gasteiger partial charge in [-0.05, 0) is 59.7 Å². The van der Waals surface area contributed by atoms with E-state index < -0.39 is 11.9 Å². The third-order valence-electron chi connectivity index (χ3n) is 2.97. The number of quaternary nitrogens is 2. The molecule has 2 rings (SSSR count). The molecular weight excluding hydrogens is 396 g/mol. The number of benzene rings is 2. The zero-order valence-electron chi connectivity index (χ0n) is 17.2. The van der Waals surface area contributed by atoms with E-state index in [-0.39, 0.29) is 24.3 Å². The highest BCUT2D eigenvalue weighted by atomic mass is 16.5. The summed E-state index contributed by atoms with van der Waals surface area (Å²) in [5.41, 5.74) is 7.02. The summed E-state index contributed by atoms with van der Waals surface area (Å²) in [6.45, 7) is 1.67. The van der Waals surface area contributed by atoms with Crippen LogP contribution in [0.3, 0.4) is 0 Å². The van der Waals surface area contributed by atoms with Crippen LogP contribution in [0.2, 0.25) is 0 Å². The molecule has 0 fully saturated rings. The second-order valence-electron chi connectivity index (χ2n) is 5.19. The van der Waals surface area contributed by atoms with Crippen LogP contribution in [0.5, 0.6) is 11.5 Å². The molecule has 0 aliphatic heterocycles. The smallest absolute Gasteiger partial charge is 0.118 e. The molecule has 0 aliphatic rings. The summed E-state index contributed by atoms with van der Waals surface area (Å²) in [6.07, 6.45) is 0. The van der Waals surface area contributed by atoms with Crippen LogP contribution in [0.1, 0.15) is 20.7 Å². The van der Waals surface area contributed by atoms with E-state index in [4.69, 9.17) is 19.7 Å². The first-order valence-electron chi connectivity index (χ1n) is 8.82. The lowest BCUT2D eigenvalue weighted by Gasteiger charge is -2.02. The number of carbonyl (C=O) groups excluding carboxylic acids is 2. The highest BCUT2D eigenvalue weighted by Crippen LogP contribution is 2.10. The molecule has 0 aromatic heterocycles. The average molecular weight is 426 g/mol. The average Bonchev–Trinajstić information content (AvgIpc) is 2.79. The normalized spacial score (nSPS) is 8.73. The molecule has 30 heavy (non-hydrogen) atoms. The topological polar surface area (TPSA) is 194 Å². The first-order chi connectivity index (χ1) is 14.3.